The summed E-state index contributed by atoms with van der Waals surface area (Å²) in [5.41, 5.74) is 2.07. The average molecular weight is 330 g/mol. The predicted molar refractivity (Wildman–Crippen MR) is 96.2 cm³/mol. The van der Waals surface area contributed by atoms with Crippen molar-refractivity contribution in [2.45, 2.75) is 39.2 Å². The molecular formula is C18H22N2O2S. The summed E-state index contributed by atoms with van der Waals surface area (Å²) in [5.74, 6) is -0.225. The van der Waals surface area contributed by atoms with Gasteiger partial charge in [0.2, 0.25) is 6.10 Å². The molecule has 0 saturated heterocycles. The van der Waals surface area contributed by atoms with Crippen molar-refractivity contribution in [2.75, 3.05) is 5.32 Å². The number of amides is 1. The third-order valence-electron chi connectivity index (χ3n) is 3.33. The average Bonchev–Trinajstić information content (AvgIpc) is 3.00. The predicted octanol–water partition coefficient (Wildman–Crippen LogP) is 4.42. The van der Waals surface area contributed by atoms with Gasteiger partial charge in [0.15, 0.2) is 0 Å². The SMILES string of the molecule is CC(O/N=C/c1cccs1)C(=O)Nc1ccc(C(C)(C)C)cc1. The van der Waals surface area contributed by atoms with Crippen LogP contribution in [0, 0.1) is 0 Å². The summed E-state index contributed by atoms with van der Waals surface area (Å²) in [5, 5.41) is 8.63. The minimum Gasteiger partial charge on any atom is -0.383 e. The molecule has 1 aromatic heterocycles. The zero-order chi connectivity index (χ0) is 16.9. The maximum atomic E-state index is 12.1. The highest BCUT2D eigenvalue weighted by Gasteiger charge is 2.16. The summed E-state index contributed by atoms with van der Waals surface area (Å²) < 4.78 is 0. The normalized spacial score (nSPS) is 13.0. The van der Waals surface area contributed by atoms with Crippen LogP contribution in [0.3, 0.4) is 0 Å². The van der Waals surface area contributed by atoms with E-state index in [1.165, 1.54) is 5.56 Å². The number of thiophene rings is 1. The standard InChI is InChI=1S/C18H22N2O2S/c1-13(22-19-12-16-6-5-11-23-16)17(21)20-15-9-7-14(8-10-15)18(2,3)4/h5-13H,1-4H3,(H,20,21)/b19-12+. The summed E-state index contributed by atoms with van der Waals surface area (Å²) in [7, 11) is 0. The van der Waals surface area contributed by atoms with Crippen LogP contribution in [-0.4, -0.2) is 18.2 Å². The molecule has 0 saturated carbocycles. The molecule has 1 aromatic carbocycles. The van der Waals surface area contributed by atoms with Crippen LogP contribution in [0.15, 0.2) is 46.9 Å². The Bertz CT molecular complexity index is 655. The number of oxime groups is 1. The molecule has 5 heteroatoms. The van der Waals surface area contributed by atoms with E-state index in [4.69, 9.17) is 4.84 Å². The van der Waals surface area contributed by atoms with Crippen LogP contribution in [-0.2, 0) is 15.0 Å². The van der Waals surface area contributed by atoms with E-state index in [1.807, 2.05) is 41.8 Å². The van der Waals surface area contributed by atoms with Gasteiger partial charge in [-0.15, -0.1) is 11.3 Å². The van der Waals surface area contributed by atoms with Crippen molar-refractivity contribution in [3.05, 3.63) is 52.2 Å². The lowest BCUT2D eigenvalue weighted by Gasteiger charge is -2.19. The molecular weight excluding hydrogens is 308 g/mol. The molecule has 0 bridgehead atoms. The number of nitrogens with zero attached hydrogens (tertiary/aromatic N) is 1. The van der Waals surface area contributed by atoms with E-state index in [-0.39, 0.29) is 11.3 Å². The summed E-state index contributed by atoms with van der Waals surface area (Å²) >= 11 is 1.56. The molecule has 1 amide bonds. The molecule has 0 radical (unpaired) electrons. The van der Waals surface area contributed by atoms with Crippen LogP contribution >= 0.6 is 11.3 Å². The number of rotatable bonds is 5. The number of carbonyl (C=O) groups excluding carboxylic acids is 1. The zero-order valence-electron chi connectivity index (χ0n) is 13.9. The van der Waals surface area contributed by atoms with Crippen molar-refractivity contribution in [2.24, 2.45) is 5.16 Å². The number of hydrogen-bond acceptors (Lipinski definition) is 4. The maximum Gasteiger partial charge on any atom is 0.267 e. The van der Waals surface area contributed by atoms with E-state index in [0.29, 0.717) is 0 Å². The second-order valence-electron chi connectivity index (χ2n) is 6.31. The number of carbonyl (C=O) groups is 1. The second kappa shape index (κ2) is 7.42. The Morgan fingerprint density at radius 1 is 1.26 bits per heavy atom. The molecule has 122 valence electrons. The van der Waals surface area contributed by atoms with E-state index in [1.54, 1.807) is 24.5 Å². The Morgan fingerprint density at radius 3 is 2.52 bits per heavy atom. The van der Waals surface area contributed by atoms with Gasteiger partial charge >= 0.3 is 0 Å². The minimum absolute atomic E-state index is 0.0927. The molecule has 0 fully saturated rings. The number of nitrogens with one attached hydrogen (secondary N) is 1. The van der Waals surface area contributed by atoms with Crippen LogP contribution in [0.4, 0.5) is 5.69 Å². The summed E-state index contributed by atoms with van der Waals surface area (Å²) in [6.45, 7) is 8.14. The number of anilines is 1. The van der Waals surface area contributed by atoms with Crippen LogP contribution in [0.5, 0.6) is 0 Å². The van der Waals surface area contributed by atoms with E-state index < -0.39 is 6.10 Å². The fourth-order valence-electron chi connectivity index (χ4n) is 1.88. The molecule has 0 aliphatic carbocycles. The number of hydrogen-bond donors (Lipinski definition) is 1. The summed E-state index contributed by atoms with van der Waals surface area (Å²) in [6, 6.07) is 11.7. The topological polar surface area (TPSA) is 50.7 Å². The lowest BCUT2D eigenvalue weighted by molar-refractivity contribution is -0.126. The van der Waals surface area contributed by atoms with Gasteiger partial charge in [0.05, 0.1) is 6.21 Å². The van der Waals surface area contributed by atoms with Crippen LogP contribution < -0.4 is 5.32 Å². The maximum absolute atomic E-state index is 12.1. The first kappa shape index (κ1) is 17.2. The van der Waals surface area contributed by atoms with Gasteiger partial charge in [0, 0.05) is 10.6 Å². The Balaban J connectivity index is 1.88. The molecule has 1 unspecified atom stereocenters. The van der Waals surface area contributed by atoms with Gasteiger partial charge < -0.3 is 10.2 Å². The van der Waals surface area contributed by atoms with Gasteiger partial charge in [0.1, 0.15) is 0 Å². The lowest BCUT2D eigenvalue weighted by Crippen LogP contribution is -2.26. The van der Waals surface area contributed by atoms with Crippen molar-refractivity contribution >= 4 is 29.1 Å². The van der Waals surface area contributed by atoms with Gasteiger partial charge in [-0.2, -0.15) is 0 Å². The largest absolute Gasteiger partial charge is 0.383 e. The van der Waals surface area contributed by atoms with Crippen molar-refractivity contribution in [1.29, 1.82) is 0 Å². The molecule has 23 heavy (non-hydrogen) atoms. The van der Waals surface area contributed by atoms with Crippen molar-refractivity contribution in [3.63, 3.8) is 0 Å². The molecule has 1 heterocycles. The fraction of sp³-hybridized carbons (Fsp3) is 0.333. The molecule has 0 aliphatic rings. The van der Waals surface area contributed by atoms with E-state index >= 15 is 0 Å². The first-order valence-corrected chi connectivity index (χ1v) is 8.38. The molecule has 4 nitrogen and oxygen atoms in total. The van der Waals surface area contributed by atoms with Crippen molar-refractivity contribution < 1.29 is 9.63 Å². The molecule has 1 atom stereocenters. The van der Waals surface area contributed by atoms with Gasteiger partial charge in [-0.05, 0) is 41.5 Å². The van der Waals surface area contributed by atoms with Gasteiger partial charge in [-0.1, -0.05) is 44.1 Å². The van der Waals surface area contributed by atoms with Crippen molar-refractivity contribution in [3.8, 4) is 0 Å². The highest BCUT2D eigenvalue weighted by atomic mass is 32.1. The highest BCUT2D eigenvalue weighted by Crippen LogP contribution is 2.23. The Hall–Kier alpha value is -2.14. The summed E-state index contributed by atoms with van der Waals surface area (Å²) in [6.07, 6.45) is 0.945. The van der Waals surface area contributed by atoms with E-state index in [9.17, 15) is 4.79 Å². The quantitative estimate of drug-likeness (QED) is 0.651. The molecule has 0 aliphatic heterocycles. The van der Waals surface area contributed by atoms with Crippen LogP contribution in [0.1, 0.15) is 38.1 Å². The lowest BCUT2D eigenvalue weighted by atomic mass is 9.87. The van der Waals surface area contributed by atoms with Crippen molar-refractivity contribution in [1.82, 2.24) is 0 Å². The highest BCUT2D eigenvalue weighted by molar-refractivity contribution is 7.11. The minimum atomic E-state index is -0.659. The van der Waals surface area contributed by atoms with Gasteiger partial charge in [-0.3, -0.25) is 4.79 Å². The first-order valence-electron chi connectivity index (χ1n) is 7.50. The smallest absolute Gasteiger partial charge is 0.267 e. The van der Waals surface area contributed by atoms with Crippen LogP contribution in [0.2, 0.25) is 0 Å². The fourth-order valence-corrected chi connectivity index (χ4v) is 2.46. The third-order valence-corrected chi connectivity index (χ3v) is 4.14. The molecule has 2 aromatic rings. The Labute approximate surface area is 141 Å². The second-order valence-corrected chi connectivity index (χ2v) is 7.29. The van der Waals surface area contributed by atoms with Gasteiger partial charge in [0.25, 0.3) is 5.91 Å². The van der Waals surface area contributed by atoms with E-state index in [2.05, 4.69) is 31.2 Å². The zero-order valence-corrected chi connectivity index (χ0v) is 14.7. The monoisotopic (exact) mass is 330 g/mol. The van der Waals surface area contributed by atoms with Gasteiger partial charge in [-0.25, -0.2) is 0 Å². The number of benzene rings is 1. The molecule has 0 spiro atoms. The molecule has 1 N–H and O–H groups in total. The van der Waals surface area contributed by atoms with E-state index in [0.717, 1.165) is 10.6 Å². The Kier molecular flexibility index (Phi) is 5.55. The summed E-state index contributed by atoms with van der Waals surface area (Å²) in [4.78, 5) is 18.3. The first-order chi connectivity index (χ1) is 10.9. The van der Waals surface area contributed by atoms with Crippen LogP contribution in [0.25, 0.3) is 0 Å². The Morgan fingerprint density at radius 2 is 1.96 bits per heavy atom. The third kappa shape index (κ3) is 5.21. The molecule has 2 rings (SSSR count).